The standard InChI is InChI=1S/C18H24N2O7/c1-18(2,3)27-17(22)19-9-7-13(8-10-19)26-16(21)12-5-6-14(20(23)24)15(11-12)25-4/h5-6,11,13H,7-10H2,1-4H3. The van der Waals surface area contributed by atoms with Crippen molar-refractivity contribution in [2.45, 2.75) is 45.3 Å². The first-order valence-corrected chi connectivity index (χ1v) is 8.62. The largest absolute Gasteiger partial charge is 0.490 e. The maximum atomic E-state index is 12.3. The maximum absolute atomic E-state index is 12.3. The number of carbonyl (C=O) groups is 2. The fourth-order valence-electron chi connectivity index (χ4n) is 2.66. The molecule has 1 amide bonds. The van der Waals surface area contributed by atoms with Gasteiger partial charge in [-0.1, -0.05) is 0 Å². The van der Waals surface area contributed by atoms with Gasteiger partial charge in [0.05, 0.1) is 17.6 Å². The molecule has 9 heteroatoms. The van der Waals surface area contributed by atoms with E-state index in [1.54, 1.807) is 25.7 Å². The molecular weight excluding hydrogens is 356 g/mol. The lowest BCUT2D eigenvalue weighted by molar-refractivity contribution is -0.385. The van der Waals surface area contributed by atoms with E-state index in [9.17, 15) is 19.7 Å². The first-order chi connectivity index (χ1) is 12.6. The topological polar surface area (TPSA) is 108 Å². The van der Waals surface area contributed by atoms with Crippen LogP contribution < -0.4 is 4.74 Å². The number of nitrogens with zero attached hydrogens (tertiary/aromatic N) is 2. The normalized spacial score (nSPS) is 15.2. The summed E-state index contributed by atoms with van der Waals surface area (Å²) in [6.07, 6.45) is 0.272. The van der Waals surface area contributed by atoms with E-state index in [-0.39, 0.29) is 29.2 Å². The molecular formula is C18H24N2O7. The van der Waals surface area contributed by atoms with Gasteiger partial charge in [0.25, 0.3) is 0 Å². The summed E-state index contributed by atoms with van der Waals surface area (Å²) in [5.41, 5.74) is -0.609. The Balaban J connectivity index is 1.93. The minimum Gasteiger partial charge on any atom is -0.490 e. The number of hydrogen-bond acceptors (Lipinski definition) is 7. The molecule has 1 aliphatic heterocycles. The van der Waals surface area contributed by atoms with Gasteiger partial charge in [-0.3, -0.25) is 10.1 Å². The molecule has 1 heterocycles. The molecule has 0 spiro atoms. The molecule has 1 aromatic carbocycles. The Kier molecular flexibility index (Phi) is 6.24. The summed E-state index contributed by atoms with van der Waals surface area (Å²) < 4.78 is 15.8. The Morgan fingerprint density at radius 1 is 1.22 bits per heavy atom. The number of hydrogen-bond donors (Lipinski definition) is 0. The molecule has 0 radical (unpaired) electrons. The number of likely N-dealkylation sites (tertiary alicyclic amines) is 1. The fraction of sp³-hybridized carbons (Fsp3) is 0.556. The Labute approximate surface area is 157 Å². The molecule has 2 rings (SSSR count). The number of rotatable bonds is 4. The third kappa shape index (κ3) is 5.57. The summed E-state index contributed by atoms with van der Waals surface area (Å²) >= 11 is 0. The van der Waals surface area contributed by atoms with E-state index in [0.717, 1.165) is 0 Å². The van der Waals surface area contributed by atoms with E-state index in [4.69, 9.17) is 14.2 Å². The zero-order chi connectivity index (χ0) is 20.2. The molecule has 0 bridgehead atoms. The molecule has 0 saturated carbocycles. The van der Waals surface area contributed by atoms with Crippen LogP contribution in [0, 0.1) is 10.1 Å². The molecule has 0 atom stereocenters. The summed E-state index contributed by atoms with van der Waals surface area (Å²) in [7, 11) is 1.30. The van der Waals surface area contributed by atoms with E-state index in [2.05, 4.69) is 0 Å². The lowest BCUT2D eigenvalue weighted by atomic mass is 10.1. The van der Waals surface area contributed by atoms with Gasteiger partial charge in [0, 0.05) is 38.1 Å². The van der Waals surface area contributed by atoms with Gasteiger partial charge in [-0.25, -0.2) is 9.59 Å². The first-order valence-electron chi connectivity index (χ1n) is 8.62. The zero-order valence-electron chi connectivity index (χ0n) is 15.9. The molecule has 1 fully saturated rings. The molecule has 1 aromatic rings. The predicted molar refractivity (Wildman–Crippen MR) is 95.9 cm³/mol. The van der Waals surface area contributed by atoms with E-state index < -0.39 is 16.5 Å². The van der Waals surface area contributed by atoms with Gasteiger partial charge in [0.15, 0.2) is 5.75 Å². The van der Waals surface area contributed by atoms with Gasteiger partial charge < -0.3 is 19.1 Å². The van der Waals surface area contributed by atoms with Crippen LogP contribution in [0.2, 0.25) is 0 Å². The molecule has 27 heavy (non-hydrogen) atoms. The smallest absolute Gasteiger partial charge is 0.410 e. The van der Waals surface area contributed by atoms with E-state index in [1.165, 1.54) is 25.3 Å². The summed E-state index contributed by atoms with van der Waals surface area (Å²) in [4.78, 5) is 36.3. The van der Waals surface area contributed by atoms with Gasteiger partial charge in [-0.2, -0.15) is 0 Å². The highest BCUT2D eigenvalue weighted by Gasteiger charge is 2.29. The number of nitro benzene ring substituents is 1. The van der Waals surface area contributed by atoms with Crippen LogP contribution in [-0.2, 0) is 9.47 Å². The Morgan fingerprint density at radius 2 is 1.85 bits per heavy atom. The van der Waals surface area contributed by atoms with Gasteiger partial charge >= 0.3 is 17.7 Å². The van der Waals surface area contributed by atoms with Crippen molar-refractivity contribution in [3.8, 4) is 5.75 Å². The highest BCUT2D eigenvalue weighted by molar-refractivity contribution is 5.90. The number of esters is 1. The molecule has 0 aromatic heterocycles. The van der Waals surface area contributed by atoms with Crippen LogP contribution in [-0.4, -0.2) is 53.8 Å². The van der Waals surface area contributed by atoms with Crippen LogP contribution in [0.4, 0.5) is 10.5 Å². The van der Waals surface area contributed by atoms with E-state index in [0.29, 0.717) is 25.9 Å². The van der Waals surface area contributed by atoms with E-state index >= 15 is 0 Å². The summed E-state index contributed by atoms with van der Waals surface area (Å²) in [5, 5.41) is 10.9. The average molecular weight is 380 g/mol. The van der Waals surface area contributed by atoms with Crippen LogP contribution in [0.25, 0.3) is 0 Å². The molecule has 0 aliphatic carbocycles. The number of ether oxygens (including phenoxy) is 3. The van der Waals surface area contributed by atoms with Crippen molar-refractivity contribution in [2.75, 3.05) is 20.2 Å². The van der Waals surface area contributed by atoms with Gasteiger partial charge in [0.1, 0.15) is 11.7 Å². The van der Waals surface area contributed by atoms with Crippen LogP contribution in [0.15, 0.2) is 18.2 Å². The first kappa shape index (κ1) is 20.5. The number of carbonyl (C=O) groups excluding carboxylic acids is 2. The summed E-state index contributed by atoms with van der Waals surface area (Å²) in [6, 6.07) is 3.83. The third-order valence-electron chi connectivity index (χ3n) is 3.98. The van der Waals surface area contributed by atoms with Gasteiger partial charge in [-0.05, 0) is 26.8 Å². The van der Waals surface area contributed by atoms with E-state index in [1.807, 2.05) is 0 Å². The van der Waals surface area contributed by atoms with Crippen LogP contribution in [0.3, 0.4) is 0 Å². The predicted octanol–water partition coefficient (Wildman–Crippen LogP) is 3.16. The molecule has 0 N–H and O–H groups in total. The van der Waals surface area contributed by atoms with Crippen LogP contribution in [0.5, 0.6) is 5.75 Å². The fourth-order valence-corrected chi connectivity index (χ4v) is 2.66. The molecule has 1 saturated heterocycles. The highest BCUT2D eigenvalue weighted by Crippen LogP contribution is 2.28. The lowest BCUT2D eigenvalue weighted by Crippen LogP contribution is -2.43. The SMILES string of the molecule is COc1cc(C(=O)OC2CCN(C(=O)OC(C)(C)C)CC2)ccc1[N+](=O)[O-]. The van der Waals surface area contributed by atoms with Crippen molar-refractivity contribution < 1.29 is 28.7 Å². The Hall–Kier alpha value is -2.84. The Bertz CT molecular complexity index is 719. The van der Waals surface area contributed by atoms with Crippen molar-refractivity contribution in [3.63, 3.8) is 0 Å². The lowest BCUT2D eigenvalue weighted by Gasteiger charge is -2.33. The summed E-state index contributed by atoms with van der Waals surface area (Å²) in [6.45, 7) is 6.26. The molecule has 0 unspecified atom stereocenters. The van der Waals surface area contributed by atoms with Gasteiger partial charge in [-0.15, -0.1) is 0 Å². The van der Waals surface area contributed by atoms with Crippen LogP contribution >= 0.6 is 0 Å². The summed E-state index contributed by atoms with van der Waals surface area (Å²) in [5.74, 6) is -0.590. The number of piperidine rings is 1. The van der Waals surface area contributed by atoms with Crippen molar-refractivity contribution in [1.82, 2.24) is 4.90 Å². The number of nitro groups is 1. The average Bonchev–Trinajstić information content (AvgIpc) is 2.60. The van der Waals surface area contributed by atoms with Crippen molar-refractivity contribution in [2.24, 2.45) is 0 Å². The number of benzene rings is 1. The van der Waals surface area contributed by atoms with Gasteiger partial charge in [0.2, 0.25) is 0 Å². The molecule has 1 aliphatic rings. The highest BCUT2D eigenvalue weighted by atomic mass is 16.6. The third-order valence-corrected chi connectivity index (χ3v) is 3.98. The van der Waals surface area contributed by atoms with Crippen molar-refractivity contribution in [1.29, 1.82) is 0 Å². The minimum atomic E-state index is -0.584. The second-order valence-electron chi connectivity index (χ2n) is 7.22. The molecule has 148 valence electrons. The number of methoxy groups -OCH3 is 1. The number of amides is 1. The monoisotopic (exact) mass is 380 g/mol. The Morgan fingerprint density at radius 3 is 2.37 bits per heavy atom. The van der Waals surface area contributed by atoms with Crippen molar-refractivity contribution in [3.05, 3.63) is 33.9 Å². The van der Waals surface area contributed by atoms with Crippen molar-refractivity contribution >= 4 is 17.7 Å². The second-order valence-corrected chi connectivity index (χ2v) is 7.22. The zero-order valence-corrected chi connectivity index (χ0v) is 15.9. The molecule has 9 nitrogen and oxygen atoms in total. The van der Waals surface area contributed by atoms with Crippen LogP contribution in [0.1, 0.15) is 44.0 Å². The quantitative estimate of drug-likeness (QED) is 0.448. The maximum Gasteiger partial charge on any atom is 0.410 e. The minimum absolute atomic E-state index is 0.00537. The second kappa shape index (κ2) is 8.24.